The number of aromatic nitrogens is 2. The lowest BCUT2D eigenvalue weighted by atomic mass is 10.0. The van der Waals surface area contributed by atoms with Crippen LogP contribution < -0.4 is 10.9 Å². The second kappa shape index (κ2) is 9.10. The van der Waals surface area contributed by atoms with Gasteiger partial charge in [-0.2, -0.15) is 0 Å². The number of aryl methyl sites for hydroxylation is 2. The van der Waals surface area contributed by atoms with Crippen molar-refractivity contribution in [2.24, 2.45) is 0 Å². The van der Waals surface area contributed by atoms with E-state index in [-0.39, 0.29) is 24.1 Å². The van der Waals surface area contributed by atoms with Crippen LogP contribution in [0.5, 0.6) is 0 Å². The highest BCUT2D eigenvalue weighted by atomic mass is 35.5. The van der Waals surface area contributed by atoms with Crippen LogP contribution in [0, 0.1) is 20.8 Å². The largest absolute Gasteiger partial charge is 0.379 e. The molecule has 170 valence electrons. The van der Waals surface area contributed by atoms with Crippen LogP contribution >= 0.6 is 11.6 Å². The number of rotatable bonds is 5. The summed E-state index contributed by atoms with van der Waals surface area (Å²) in [5.74, 6) is -0.225. The van der Waals surface area contributed by atoms with Crippen LogP contribution in [-0.4, -0.2) is 46.5 Å². The summed E-state index contributed by atoms with van der Waals surface area (Å²) in [4.78, 5) is 30.7. The van der Waals surface area contributed by atoms with Crippen LogP contribution in [0.4, 0.5) is 0 Å². The molecule has 3 aromatic heterocycles. The standard InChI is InChI=1S/C24H29ClN4O3/c1-14-11-15(2)27-24(31)19(14)13-26-23(30)18-12-21-20(25)5-6-29(21)22(16(18)3)17(4)28-7-9-32-10-8-28/h5-6,11-12,17H,7-10,13H2,1-4H3,(H,26,30)(H,27,31)/t17-/m1/s1. The molecule has 0 saturated carbocycles. The molecule has 32 heavy (non-hydrogen) atoms. The zero-order valence-corrected chi connectivity index (χ0v) is 19.7. The van der Waals surface area contributed by atoms with Crippen molar-refractivity contribution in [3.63, 3.8) is 0 Å². The van der Waals surface area contributed by atoms with Gasteiger partial charge in [-0.25, -0.2) is 0 Å². The molecule has 1 fully saturated rings. The molecular formula is C24H29ClN4O3. The van der Waals surface area contributed by atoms with E-state index in [1.807, 2.05) is 45.2 Å². The number of aromatic amines is 1. The lowest BCUT2D eigenvalue weighted by Gasteiger charge is -2.34. The number of ether oxygens (including phenoxy) is 1. The van der Waals surface area contributed by atoms with Crippen molar-refractivity contribution in [1.82, 2.24) is 19.6 Å². The van der Waals surface area contributed by atoms with E-state index in [2.05, 4.69) is 26.5 Å². The van der Waals surface area contributed by atoms with Crippen LogP contribution in [0.25, 0.3) is 5.52 Å². The van der Waals surface area contributed by atoms with Gasteiger partial charge >= 0.3 is 0 Å². The van der Waals surface area contributed by atoms with Crippen molar-refractivity contribution in [3.8, 4) is 0 Å². The molecule has 1 atom stereocenters. The molecular weight excluding hydrogens is 428 g/mol. The highest BCUT2D eigenvalue weighted by Crippen LogP contribution is 2.31. The summed E-state index contributed by atoms with van der Waals surface area (Å²) in [5.41, 5.74) is 5.33. The quantitative estimate of drug-likeness (QED) is 0.615. The number of fused-ring (bicyclic) bond motifs is 1. The third-order valence-corrected chi connectivity index (χ3v) is 6.68. The Morgan fingerprint density at radius 1 is 1.25 bits per heavy atom. The smallest absolute Gasteiger partial charge is 0.253 e. The second-order valence-corrected chi connectivity index (χ2v) is 8.84. The molecule has 0 bridgehead atoms. The molecule has 0 aromatic carbocycles. The van der Waals surface area contributed by atoms with Crippen molar-refractivity contribution in [3.05, 3.63) is 73.4 Å². The first-order valence-electron chi connectivity index (χ1n) is 10.9. The van der Waals surface area contributed by atoms with Gasteiger partial charge in [-0.15, -0.1) is 0 Å². The van der Waals surface area contributed by atoms with Gasteiger partial charge in [-0.3, -0.25) is 14.5 Å². The number of halogens is 1. The summed E-state index contributed by atoms with van der Waals surface area (Å²) in [5, 5.41) is 3.53. The topological polar surface area (TPSA) is 78.8 Å². The van der Waals surface area contributed by atoms with Crippen molar-refractivity contribution in [2.75, 3.05) is 26.3 Å². The number of pyridine rings is 2. The fraction of sp³-hybridized carbons (Fsp3) is 0.417. The number of carbonyl (C=O) groups is 1. The number of morpholine rings is 1. The molecule has 4 rings (SSSR count). The monoisotopic (exact) mass is 456 g/mol. The number of hydrogen-bond donors (Lipinski definition) is 2. The molecule has 4 heterocycles. The van der Waals surface area contributed by atoms with E-state index in [9.17, 15) is 9.59 Å². The van der Waals surface area contributed by atoms with Crippen LogP contribution in [-0.2, 0) is 11.3 Å². The maximum atomic E-state index is 13.2. The lowest BCUT2D eigenvalue weighted by molar-refractivity contribution is 0.0187. The number of H-pyrrole nitrogens is 1. The minimum absolute atomic E-state index is 0.0832. The van der Waals surface area contributed by atoms with Crippen LogP contribution in [0.3, 0.4) is 0 Å². The molecule has 0 aliphatic carbocycles. The zero-order valence-electron chi connectivity index (χ0n) is 18.9. The first kappa shape index (κ1) is 22.6. The first-order valence-corrected chi connectivity index (χ1v) is 11.2. The number of carbonyl (C=O) groups excluding carboxylic acids is 1. The summed E-state index contributed by atoms with van der Waals surface area (Å²) < 4.78 is 7.58. The molecule has 1 aliphatic heterocycles. The third-order valence-electron chi connectivity index (χ3n) is 6.36. The Labute approximate surface area is 192 Å². The van der Waals surface area contributed by atoms with Crippen LogP contribution in [0.15, 0.2) is 29.2 Å². The van der Waals surface area contributed by atoms with Gasteiger partial charge in [0.05, 0.1) is 23.8 Å². The van der Waals surface area contributed by atoms with Gasteiger partial charge < -0.3 is 19.4 Å². The van der Waals surface area contributed by atoms with Gasteiger partial charge in [0.15, 0.2) is 0 Å². The summed E-state index contributed by atoms with van der Waals surface area (Å²) >= 11 is 6.46. The SMILES string of the molecule is Cc1cc(C)c(CNC(=O)c2cc3c(Cl)ccn3c([C@@H](C)N3CCOCC3)c2C)c(=O)[nH]1. The molecule has 1 saturated heterocycles. The minimum atomic E-state index is -0.225. The summed E-state index contributed by atoms with van der Waals surface area (Å²) in [6, 6.07) is 5.67. The summed E-state index contributed by atoms with van der Waals surface area (Å²) in [6.07, 6.45) is 1.95. The van der Waals surface area contributed by atoms with E-state index in [0.717, 1.165) is 41.1 Å². The van der Waals surface area contributed by atoms with E-state index in [4.69, 9.17) is 16.3 Å². The van der Waals surface area contributed by atoms with E-state index in [0.29, 0.717) is 29.4 Å². The average Bonchev–Trinajstić information content (AvgIpc) is 3.12. The molecule has 1 amide bonds. The number of nitrogens with one attached hydrogen (secondary N) is 2. The van der Waals surface area contributed by atoms with Gasteiger partial charge in [-0.1, -0.05) is 11.6 Å². The molecule has 8 heteroatoms. The van der Waals surface area contributed by atoms with Crippen molar-refractivity contribution in [2.45, 2.75) is 40.3 Å². The minimum Gasteiger partial charge on any atom is -0.379 e. The maximum Gasteiger partial charge on any atom is 0.253 e. The first-order chi connectivity index (χ1) is 15.3. The van der Waals surface area contributed by atoms with Crippen molar-refractivity contribution >= 4 is 23.0 Å². The van der Waals surface area contributed by atoms with Gasteiger partial charge in [0.2, 0.25) is 0 Å². The molecule has 3 aromatic rings. The lowest BCUT2D eigenvalue weighted by Crippen LogP contribution is -2.39. The Balaban J connectivity index is 1.69. The molecule has 1 aliphatic rings. The van der Waals surface area contributed by atoms with E-state index >= 15 is 0 Å². The predicted octanol–water partition coefficient (Wildman–Crippen LogP) is 3.53. The fourth-order valence-electron chi connectivity index (χ4n) is 4.59. The third kappa shape index (κ3) is 4.20. The molecule has 0 unspecified atom stereocenters. The van der Waals surface area contributed by atoms with Gasteiger partial charge in [0.1, 0.15) is 0 Å². The molecule has 2 N–H and O–H groups in total. The summed E-state index contributed by atoms with van der Waals surface area (Å²) in [7, 11) is 0. The molecule has 0 spiro atoms. The maximum absolute atomic E-state index is 13.2. The van der Waals surface area contributed by atoms with Gasteiger partial charge in [0, 0.05) is 54.4 Å². The van der Waals surface area contributed by atoms with Crippen molar-refractivity contribution in [1.29, 1.82) is 0 Å². The Morgan fingerprint density at radius 3 is 2.66 bits per heavy atom. The van der Waals surface area contributed by atoms with E-state index in [1.54, 1.807) is 0 Å². The number of amides is 1. The average molecular weight is 457 g/mol. The van der Waals surface area contributed by atoms with E-state index < -0.39 is 0 Å². The molecule has 7 nitrogen and oxygen atoms in total. The Kier molecular flexibility index (Phi) is 6.42. The van der Waals surface area contributed by atoms with Crippen LogP contribution in [0.2, 0.25) is 5.02 Å². The van der Waals surface area contributed by atoms with Crippen molar-refractivity contribution < 1.29 is 9.53 Å². The van der Waals surface area contributed by atoms with Gasteiger partial charge in [0.25, 0.3) is 11.5 Å². The fourth-order valence-corrected chi connectivity index (χ4v) is 4.79. The Hall–Kier alpha value is -2.61. The van der Waals surface area contributed by atoms with Gasteiger partial charge in [-0.05, 0) is 57.0 Å². The predicted molar refractivity (Wildman–Crippen MR) is 126 cm³/mol. The highest BCUT2D eigenvalue weighted by molar-refractivity contribution is 6.34. The highest BCUT2D eigenvalue weighted by Gasteiger charge is 2.25. The van der Waals surface area contributed by atoms with E-state index in [1.165, 1.54) is 0 Å². The Bertz CT molecular complexity index is 1220. The molecule has 0 radical (unpaired) electrons. The second-order valence-electron chi connectivity index (χ2n) is 8.44. The normalized spacial score (nSPS) is 15.8. The number of nitrogens with zero attached hydrogens (tertiary/aromatic N) is 2. The zero-order chi connectivity index (χ0) is 23.0. The summed E-state index contributed by atoms with van der Waals surface area (Å²) in [6.45, 7) is 11.1. The number of hydrogen-bond acceptors (Lipinski definition) is 4. The van der Waals surface area contributed by atoms with Crippen LogP contribution in [0.1, 0.15) is 51.4 Å². The Morgan fingerprint density at radius 2 is 1.97 bits per heavy atom.